The zero-order valence-electron chi connectivity index (χ0n) is 10.7. The van der Waals surface area contributed by atoms with Crippen LogP contribution in [0, 0.1) is 12.3 Å². The van der Waals surface area contributed by atoms with Crippen LogP contribution in [0.25, 0.3) is 0 Å². The molecule has 0 aliphatic carbocycles. The van der Waals surface area contributed by atoms with E-state index in [2.05, 4.69) is 10.3 Å². The van der Waals surface area contributed by atoms with E-state index >= 15 is 0 Å². The summed E-state index contributed by atoms with van der Waals surface area (Å²) in [6, 6.07) is 3.90. The molecule has 0 saturated carbocycles. The molecule has 1 aliphatic heterocycles. The van der Waals surface area contributed by atoms with Gasteiger partial charge in [0.25, 0.3) is 0 Å². The molecule has 1 saturated heterocycles. The lowest BCUT2D eigenvalue weighted by Crippen LogP contribution is -2.41. The van der Waals surface area contributed by atoms with Crippen LogP contribution in [0.5, 0.6) is 0 Å². The van der Waals surface area contributed by atoms with Gasteiger partial charge in [0.1, 0.15) is 0 Å². The zero-order chi connectivity index (χ0) is 12.5. The topological polar surface area (TPSA) is 45.2 Å². The van der Waals surface area contributed by atoms with Crippen molar-refractivity contribution in [2.75, 3.05) is 24.5 Å². The standard InChI is InChI=1S/C13H19N3O/c1-10-4-5-11(8-15-10)16-7-6-14-9-13(2,3)12(16)17/h4-5,8,14H,6-7,9H2,1-3H3. The van der Waals surface area contributed by atoms with Crippen LogP contribution in [0.15, 0.2) is 18.3 Å². The number of hydrogen-bond donors (Lipinski definition) is 1. The van der Waals surface area contributed by atoms with E-state index in [1.165, 1.54) is 0 Å². The van der Waals surface area contributed by atoms with Gasteiger partial charge < -0.3 is 10.2 Å². The van der Waals surface area contributed by atoms with Crippen LogP contribution in [0.3, 0.4) is 0 Å². The summed E-state index contributed by atoms with van der Waals surface area (Å²) in [6.07, 6.45) is 1.77. The third kappa shape index (κ3) is 2.47. The summed E-state index contributed by atoms with van der Waals surface area (Å²) in [5, 5.41) is 3.30. The highest BCUT2D eigenvalue weighted by Crippen LogP contribution is 2.24. The molecule has 1 aliphatic rings. The number of carbonyl (C=O) groups excluding carboxylic acids is 1. The molecule has 0 spiro atoms. The van der Waals surface area contributed by atoms with Crippen molar-refractivity contribution in [2.45, 2.75) is 20.8 Å². The Morgan fingerprint density at radius 3 is 2.82 bits per heavy atom. The number of anilines is 1. The van der Waals surface area contributed by atoms with Crippen molar-refractivity contribution in [1.29, 1.82) is 0 Å². The first-order valence-electron chi connectivity index (χ1n) is 5.96. The normalized spacial score (nSPS) is 20.2. The van der Waals surface area contributed by atoms with Gasteiger partial charge in [0, 0.05) is 25.3 Å². The zero-order valence-corrected chi connectivity index (χ0v) is 10.7. The quantitative estimate of drug-likeness (QED) is 0.796. The van der Waals surface area contributed by atoms with E-state index < -0.39 is 0 Å². The second-order valence-corrected chi connectivity index (χ2v) is 5.18. The third-order valence-electron chi connectivity index (χ3n) is 3.11. The monoisotopic (exact) mass is 233 g/mol. The number of aromatic nitrogens is 1. The van der Waals surface area contributed by atoms with Crippen molar-refractivity contribution in [3.05, 3.63) is 24.0 Å². The van der Waals surface area contributed by atoms with Crippen molar-refractivity contribution in [1.82, 2.24) is 10.3 Å². The number of nitrogens with one attached hydrogen (secondary N) is 1. The van der Waals surface area contributed by atoms with E-state index in [1.807, 2.05) is 37.8 Å². The Kier molecular flexibility index (Phi) is 3.15. The van der Waals surface area contributed by atoms with Crippen LogP contribution in [0.2, 0.25) is 0 Å². The minimum atomic E-state index is -0.360. The second kappa shape index (κ2) is 4.45. The van der Waals surface area contributed by atoms with E-state index in [4.69, 9.17) is 0 Å². The summed E-state index contributed by atoms with van der Waals surface area (Å²) in [5.74, 6) is 0.160. The first-order chi connectivity index (χ1) is 8.00. The minimum absolute atomic E-state index is 0.160. The summed E-state index contributed by atoms with van der Waals surface area (Å²) >= 11 is 0. The number of aryl methyl sites for hydroxylation is 1. The van der Waals surface area contributed by atoms with E-state index in [0.717, 1.165) is 24.5 Å². The van der Waals surface area contributed by atoms with Crippen LogP contribution in [-0.4, -0.2) is 30.5 Å². The van der Waals surface area contributed by atoms with Crippen molar-refractivity contribution in [3.63, 3.8) is 0 Å². The highest BCUT2D eigenvalue weighted by Gasteiger charge is 2.34. The molecule has 4 nitrogen and oxygen atoms in total. The molecule has 17 heavy (non-hydrogen) atoms. The van der Waals surface area contributed by atoms with Crippen molar-refractivity contribution < 1.29 is 4.79 Å². The smallest absolute Gasteiger partial charge is 0.234 e. The van der Waals surface area contributed by atoms with Gasteiger partial charge in [-0.2, -0.15) is 0 Å². The van der Waals surface area contributed by atoms with E-state index in [0.29, 0.717) is 6.54 Å². The van der Waals surface area contributed by atoms with Crippen molar-refractivity contribution >= 4 is 11.6 Å². The fourth-order valence-electron chi connectivity index (χ4n) is 2.00. The van der Waals surface area contributed by atoms with Gasteiger partial charge in [-0.05, 0) is 32.9 Å². The Hall–Kier alpha value is -1.42. The minimum Gasteiger partial charge on any atom is -0.314 e. The maximum atomic E-state index is 12.4. The predicted molar refractivity (Wildman–Crippen MR) is 68.0 cm³/mol. The van der Waals surface area contributed by atoms with Crippen LogP contribution in [-0.2, 0) is 4.79 Å². The van der Waals surface area contributed by atoms with E-state index in [-0.39, 0.29) is 11.3 Å². The lowest BCUT2D eigenvalue weighted by atomic mass is 9.92. The van der Waals surface area contributed by atoms with E-state index in [9.17, 15) is 4.79 Å². The maximum absolute atomic E-state index is 12.4. The molecular formula is C13H19N3O. The lowest BCUT2D eigenvalue weighted by Gasteiger charge is -2.28. The van der Waals surface area contributed by atoms with Gasteiger partial charge in [0.15, 0.2) is 0 Å². The maximum Gasteiger partial charge on any atom is 0.234 e. The van der Waals surface area contributed by atoms with Gasteiger partial charge in [-0.3, -0.25) is 9.78 Å². The molecule has 1 aromatic rings. The SMILES string of the molecule is Cc1ccc(N2CCNCC(C)(C)C2=O)cn1. The summed E-state index contributed by atoms with van der Waals surface area (Å²) in [7, 11) is 0. The largest absolute Gasteiger partial charge is 0.314 e. The molecule has 0 bridgehead atoms. The molecule has 0 unspecified atom stereocenters. The summed E-state index contributed by atoms with van der Waals surface area (Å²) in [4.78, 5) is 18.5. The number of amides is 1. The predicted octanol–water partition coefficient (Wildman–Crippen LogP) is 1.35. The van der Waals surface area contributed by atoms with Crippen molar-refractivity contribution in [2.24, 2.45) is 5.41 Å². The van der Waals surface area contributed by atoms with Gasteiger partial charge in [0.05, 0.1) is 17.3 Å². The molecule has 2 heterocycles. The fraction of sp³-hybridized carbons (Fsp3) is 0.538. The average Bonchev–Trinajstić information content (AvgIpc) is 2.41. The molecular weight excluding hydrogens is 214 g/mol. The molecule has 0 radical (unpaired) electrons. The molecule has 2 rings (SSSR count). The van der Waals surface area contributed by atoms with E-state index in [1.54, 1.807) is 6.20 Å². The first kappa shape index (κ1) is 12.0. The Labute approximate surface area is 102 Å². The summed E-state index contributed by atoms with van der Waals surface area (Å²) in [5.41, 5.74) is 1.49. The molecule has 1 N–H and O–H groups in total. The Balaban J connectivity index is 2.30. The molecule has 1 fully saturated rings. The summed E-state index contributed by atoms with van der Waals surface area (Å²) < 4.78 is 0. The highest BCUT2D eigenvalue weighted by atomic mass is 16.2. The molecule has 92 valence electrons. The Morgan fingerprint density at radius 1 is 1.41 bits per heavy atom. The molecule has 0 atom stereocenters. The van der Waals surface area contributed by atoms with Gasteiger partial charge in [-0.1, -0.05) is 0 Å². The molecule has 0 aromatic carbocycles. The third-order valence-corrected chi connectivity index (χ3v) is 3.11. The number of rotatable bonds is 1. The van der Waals surface area contributed by atoms with Crippen LogP contribution in [0.1, 0.15) is 19.5 Å². The molecule has 1 aromatic heterocycles. The number of hydrogen-bond acceptors (Lipinski definition) is 3. The van der Waals surface area contributed by atoms with Crippen molar-refractivity contribution in [3.8, 4) is 0 Å². The van der Waals surface area contributed by atoms with Gasteiger partial charge >= 0.3 is 0 Å². The lowest BCUT2D eigenvalue weighted by molar-refractivity contribution is -0.125. The second-order valence-electron chi connectivity index (χ2n) is 5.18. The highest BCUT2D eigenvalue weighted by molar-refractivity contribution is 5.97. The first-order valence-corrected chi connectivity index (χ1v) is 5.96. The van der Waals surface area contributed by atoms with Gasteiger partial charge in [0.2, 0.25) is 5.91 Å². The fourth-order valence-corrected chi connectivity index (χ4v) is 2.00. The number of pyridine rings is 1. The average molecular weight is 233 g/mol. The van der Waals surface area contributed by atoms with Crippen LogP contribution < -0.4 is 10.2 Å². The Bertz CT molecular complexity index is 411. The number of carbonyl (C=O) groups is 1. The van der Waals surface area contributed by atoms with Crippen LogP contribution in [0.4, 0.5) is 5.69 Å². The number of nitrogens with zero attached hydrogens (tertiary/aromatic N) is 2. The van der Waals surface area contributed by atoms with Gasteiger partial charge in [-0.25, -0.2) is 0 Å². The Morgan fingerprint density at radius 2 is 2.18 bits per heavy atom. The molecule has 4 heteroatoms. The van der Waals surface area contributed by atoms with Crippen LogP contribution >= 0.6 is 0 Å². The molecule has 1 amide bonds. The summed E-state index contributed by atoms with van der Waals surface area (Å²) in [6.45, 7) is 8.14. The van der Waals surface area contributed by atoms with Gasteiger partial charge in [-0.15, -0.1) is 0 Å².